The third kappa shape index (κ3) is 4.14. The normalized spacial score (nSPS) is 10.2. The molecule has 0 bridgehead atoms. The van der Waals surface area contributed by atoms with Gasteiger partial charge in [0.15, 0.2) is 11.5 Å². The lowest BCUT2D eigenvalue weighted by molar-refractivity contribution is 0.0767. The summed E-state index contributed by atoms with van der Waals surface area (Å²) in [6.45, 7) is 5.10. The Balaban J connectivity index is 2.32. The van der Waals surface area contributed by atoms with Crippen LogP contribution in [0.2, 0.25) is 0 Å². The van der Waals surface area contributed by atoms with Gasteiger partial charge in [0.25, 0.3) is 5.91 Å². The SMILES string of the molecule is CCN(CC)C(=O)c1cc(Nc2cc(OC)c(OC)c(OC)c2)ncn1. The molecule has 1 heterocycles. The number of rotatable bonds is 8. The molecule has 2 aromatic rings. The first-order chi connectivity index (χ1) is 12.6. The number of carbonyl (C=O) groups is 1. The van der Waals surface area contributed by atoms with Crippen molar-refractivity contribution in [3.8, 4) is 17.2 Å². The molecule has 0 saturated heterocycles. The van der Waals surface area contributed by atoms with Crippen LogP contribution >= 0.6 is 0 Å². The van der Waals surface area contributed by atoms with Crippen LogP contribution < -0.4 is 19.5 Å². The van der Waals surface area contributed by atoms with E-state index >= 15 is 0 Å². The van der Waals surface area contributed by atoms with E-state index in [0.29, 0.717) is 47.5 Å². The van der Waals surface area contributed by atoms with Crippen LogP contribution in [0.4, 0.5) is 11.5 Å². The summed E-state index contributed by atoms with van der Waals surface area (Å²) in [7, 11) is 4.64. The number of methoxy groups -OCH3 is 3. The minimum atomic E-state index is -0.134. The molecule has 1 aromatic heterocycles. The molecule has 0 atom stereocenters. The van der Waals surface area contributed by atoms with Crippen molar-refractivity contribution in [1.82, 2.24) is 14.9 Å². The Hall–Kier alpha value is -3.03. The summed E-state index contributed by atoms with van der Waals surface area (Å²) >= 11 is 0. The van der Waals surface area contributed by atoms with Crippen molar-refractivity contribution in [2.45, 2.75) is 13.8 Å². The number of nitrogens with one attached hydrogen (secondary N) is 1. The molecule has 0 aliphatic rings. The number of amides is 1. The van der Waals surface area contributed by atoms with Crippen molar-refractivity contribution in [3.63, 3.8) is 0 Å². The van der Waals surface area contributed by atoms with Gasteiger partial charge in [-0.05, 0) is 13.8 Å². The lowest BCUT2D eigenvalue weighted by atomic mass is 10.2. The molecular formula is C18H24N4O4. The number of hydrogen-bond donors (Lipinski definition) is 1. The number of aromatic nitrogens is 2. The van der Waals surface area contributed by atoms with Crippen LogP contribution in [0.15, 0.2) is 24.5 Å². The van der Waals surface area contributed by atoms with Gasteiger partial charge >= 0.3 is 0 Å². The summed E-state index contributed by atoms with van der Waals surface area (Å²) in [5.41, 5.74) is 1.01. The van der Waals surface area contributed by atoms with Gasteiger partial charge in [-0.15, -0.1) is 0 Å². The van der Waals surface area contributed by atoms with Crippen LogP contribution in [-0.4, -0.2) is 55.2 Å². The predicted octanol–water partition coefficient (Wildman–Crippen LogP) is 2.73. The third-order valence-corrected chi connectivity index (χ3v) is 3.87. The highest BCUT2D eigenvalue weighted by atomic mass is 16.5. The maximum atomic E-state index is 12.4. The first kappa shape index (κ1) is 19.3. The highest BCUT2D eigenvalue weighted by Gasteiger charge is 2.16. The number of ether oxygens (including phenoxy) is 3. The second-order valence-corrected chi connectivity index (χ2v) is 5.30. The maximum Gasteiger partial charge on any atom is 0.272 e. The number of anilines is 2. The second-order valence-electron chi connectivity index (χ2n) is 5.30. The quantitative estimate of drug-likeness (QED) is 0.774. The lowest BCUT2D eigenvalue weighted by Gasteiger charge is -2.18. The van der Waals surface area contributed by atoms with E-state index in [-0.39, 0.29) is 5.91 Å². The third-order valence-electron chi connectivity index (χ3n) is 3.87. The molecule has 0 aliphatic heterocycles. The van der Waals surface area contributed by atoms with Crippen molar-refractivity contribution < 1.29 is 19.0 Å². The molecule has 140 valence electrons. The highest BCUT2D eigenvalue weighted by Crippen LogP contribution is 2.40. The summed E-state index contributed by atoms with van der Waals surface area (Å²) in [5.74, 6) is 1.89. The molecule has 0 saturated carbocycles. The van der Waals surface area contributed by atoms with Crippen molar-refractivity contribution >= 4 is 17.4 Å². The Morgan fingerprint density at radius 3 is 2.12 bits per heavy atom. The van der Waals surface area contributed by atoms with E-state index < -0.39 is 0 Å². The van der Waals surface area contributed by atoms with Gasteiger partial charge in [0.2, 0.25) is 5.75 Å². The zero-order chi connectivity index (χ0) is 19.1. The fraction of sp³-hybridized carbons (Fsp3) is 0.389. The molecular weight excluding hydrogens is 336 g/mol. The van der Waals surface area contributed by atoms with Gasteiger partial charge < -0.3 is 24.4 Å². The standard InChI is InChI=1S/C18H24N4O4/c1-6-22(7-2)18(23)13-10-16(20-11-19-13)21-12-8-14(24-3)17(26-5)15(9-12)25-4/h8-11H,6-7H2,1-5H3,(H,19,20,21). The predicted molar refractivity (Wildman–Crippen MR) is 98.7 cm³/mol. The monoisotopic (exact) mass is 360 g/mol. The van der Waals surface area contributed by atoms with E-state index in [1.807, 2.05) is 13.8 Å². The largest absolute Gasteiger partial charge is 0.493 e. The van der Waals surface area contributed by atoms with Crippen molar-refractivity contribution in [3.05, 3.63) is 30.2 Å². The Kier molecular flexibility index (Phi) is 6.60. The Labute approximate surface area is 153 Å². The first-order valence-electron chi connectivity index (χ1n) is 8.26. The minimum Gasteiger partial charge on any atom is -0.493 e. The zero-order valence-electron chi connectivity index (χ0n) is 15.7. The Bertz CT molecular complexity index is 738. The molecule has 8 heteroatoms. The first-order valence-corrected chi connectivity index (χ1v) is 8.26. The van der Waals surface area contributed by atoms with E-state index in [1.165, 1.54) is 6.33 Å². The Morgan fingerprint density at radius 2 is 1.62 bits per heavy atom. The average Bonchev–Trinajstić information content (AvgIpc) is 2.68. The molecule has 0 fully saturated rings. The maximum absolute atomic E-state index is 12.4. The van der Waals surface area contributed by atoms with Crippen molar-refractivity contribution in [2.24, 2.45) is 0 Å². The molecule has 0 spiro atoms. The molecule has 8 nitrogen and oxygen atoms in total. The second kappa shape index (κ2) is 8.89. The summed E-state index contributed by atoms with van der Waals surface area (Å²) in [6.07, 6.45) is 1.36. The van der Waals surface area contributed by atoms with Crippen molar-refractivity contribution in [2.75, 3.05) is 39.7 Å². The summed E-state index contributed by atoms with van der Waals surface area (Å²) < 4.78 is 16.0. The van der Waals surface area contributed by atoms with E-state index in [9.17, 15) is 4.79 Å². The van der Waals surface area contributed by atoms with E-state index in [1.54, 1.807) is 44.4 Å². The van der Waals surface area contributed by atoms with E-state index in [4.69, 9.17) is 14.2 Å². The molecule has 1 aromatic carbocycles. The minimum absolute atomic E-state index is 0.134. The smallest absolute Gasteiger partial charge is 0.272 e. The number of nitrogens with zero attached hydrogens (tertiary/aromatic N) is 3. The van der Waals surface area contributed by atoms with Crippen LogP contribution in [0.5, 0.6) is 17.2 Å². The van der Waals surface area contributed by atoms with Gasteiger partial charge in [-0.3, -0.25) is 4.79 Å². The van der Waals surface area contributed by atoms with Crippen LogP contribution in [0.25, 0.3) is 0 Å². The van der Waals surface area contributed by atoms with Crippen LogP contribution in [0.3, 0.4) is 0 Å². The topological polar surface area (TPSA) is 85.8 Å². The number of benzene rings is 1. The lowest BCUT2D eigenvalue weighted by Crippen LogP contribution is -2.31. The van der Waals surface area contributed by atoms with Gasteiger partial charge in [0.05, 0.1) is 21.3 Å². The van der Waals surface area contributed by atoms with Gasteiger partial charge in [-0.2, -0.15) is 0 Å². The van der Waals surface area contributed by atoms with Gasteiger partial charge in [0.1, 0.15) is 17.8 Å². The van der Waals surface area contributed by atoms with Gasteiger partial charge in [0, 0.05) is 37.0 Å². The molecule has 0 radical (unpaired) electrons. The average molecular weight is 360 g/mol. The van der Waals surface area contributed by atoms with E-state index in [2.05, 4.69) is 15.3 Å². The molecule has 1 N–H and O–H groups in total. The number of carbonyl (C=O) groups excluding carboxylic acids is 1. The fourth-order valence-electron chi connectivity index (χ4n) is 2.52. The van der Waals surface area contributed by atoms with Crippen LogP contribution in [-0.2, 0) is 0 Å². The zero-order valence-corrected chi connectivity index (χ0v) is 15.7. The molecule has 0 unspecified atom stereocenters. The number of hydrogen-bond acceptors (Lipinski definition) is 7. The Morgan fingerprint density at radius 1 is 1.00 bits per heavy atom. The highest BCUT2D eigenvalue weighted by molar-refractivity contribution is 5.93. The van der Waals surface area contributed by atoms with E-state index in [0.717, 1.165) is 0 Å². The molecule has 1 amide bonds. The fourth-order valence-corrected chi connectivity index (χ4v) is 2.52. The van der Waals surface area contributed by atoms with Crippen LogP contribution in [0, 0.1) is 0 Å². The van der Waals surface area contributed by atoms with Crippen LogP contribution in [0.1, 0.15) is 24.3 Å². The van der Waals surface area contributed by atoms with Crippen molar-refractivity contribution in [1.29, 1.82) is 0 Å². The van der Waals surface area contributed by atoms with Gasteiger partial charge in [-0.25, -0.2) is 9.97 Å². The molecule has 2 rings (SSSR count). The summed E-state index contributed by atoms with van der Waals surface area (Å²) in [6, 6.07) is 5.13. The molecule has 26 heavy (non-hydrogen) atoms. The molecule has 0 aliphatic carbocycles. The summed E-state index contributed by atoms with van der Waals surface area (Å²) in [5, 5.41) is 3.14. The summed E-state index contributed by atoms with van der Waals surface area (Å²) in [4.78, 5) is 22.4. The van der Waals surface area contributed by atoms with Gasteiger partial charge in [-0.1, -0.05) is 0 Å².